The van der Waals surface area contributed by atoms with Crippen molar-refractivity contribution in [3.63, 3.8) is 0 Å². The summed E-state index contributed by atoms with van der Waals surface area (Å²) in [6, 6.07) is 0. The highest BCUT2D eigenvalue weighted by molar-refractivity contribution is 5.66. The lowest BCUT2D eigenvalue weighted by Crippen LogP contribution is -2.76. The van der Waals surface area contributed by atoms with Gasteiger partial charge in [0.25, 0.3) is 0 Å². The van der Waals surface area contributed by atoms with Crippen molar-refractivity contribution in [1.82, 2.24) is 0 Å². The molecule has 2 spiro atoms. The number of hydrogen-bond donors (Lipinski definition) is 1. The van der Waals surface area contributed by atoms with E-state index in [1.54, 1.807) is 0 Å². The predicted molar refractivity (Wildman–Crippen MR) is 99.5 cm³/mol. The fourth-order valence-electron chi connectivity index (χ4n) is 7.98. The lowest BCUT2D eigenvalue weighted by atomic mass is 9.40. The number of carbonyl (C=O) groups is 1. The van der Waals surface area contributed by atoms with E-state index in [2.05, 4.69) is 13.8 Å². The number of rotatable bonds is 2. The van der Waals surface area contributed by atoms with Crippen LogP contribution in [0.25, 0.3) is 0 Å². The molecule has 2 saturated carbocycles. The Labute approximate surface area is 171 Å². The number of esters is 1. The van der Waals surface area contributed by atoms with Crippen molar-refractivity contribution in [2.24, 2.45) is 28.6 Å². The van der Waals surface area contributed by atoms with Crippen LogP contribution in [0.3, 0.4) is 0 Å². The molecular formula is C22H32O7. The molecule has 7 aliphatic rings. The van der Waals surface area contributed by atoms with Crippen LogP contribution in [0.1, 0.15) is 52.9 Å². The van der Waals surface area contributed by atoms with Gasteiger partial charge in [-0.2, -0.15) is 0 Å². The molecular weight excluding hydrogens is 376 g/mol. The van der Waals surface area contributed by atoms with Crippen LogP contribution in [0.2, 0.25) is 0 Å². The highest BCUT2D eigenvalue weighted by Crippen LogP contribution is 2.73. The third-order valence-corrected chi connectivity index (χ3v) is 9.53. The molecule has 0 amide bonds. The van der Waals surface area contributed by atoms with Gasteiger partial charge in [0.05, 0.1) is 30.8 Å². The van der Waals surface area contributed by atoms with Crippen molar-refractivity contribution >= 4 is 5.97 Å². The number of epoxide rings is 1. The molecule has 5 saturated heterocycles. The summed E-state index contributed by atoms with van der Waals surface area (Å²) in [4.78, 5) is 12.0. The molecule has 0 aromatic heterocycles. The van der Waals surface area contributed by atoms with Crippen molar-refractivity contribution in [3.8, 4) is 0 Å². The van der Waals surface area contributed by atoms with E-state index in [0.29, 0.717) is 18.9 Å². The molecule has 2 aliphatic carbocycles. The first kappa shape index (κ1) is 19.0. The summed E-state index contributed by atoms with van der Waals surface area (Å²) < 4.78 is 30.3. The van der Waals surface area contributed by atoms with Crippen LogP contribution in [0.15, 0.2) is 0 Å². The van der Waals surface area contributed by atoms with Gasteiger partial charge in [0.15, 0.2) is 12.6 Å². The Morgan fingerprint density at radius 2 is 2.00 bits per heavy atom. The topological polar surface area (TPSA) is 86.8 Å². The number of aliphatic hydroxyl groups is 1. The first-order chi connectivity index (χ1) is 13.8. The Morgan fingerprint density at radius 1 is 1.21 bits per heavy atom. The van der Waals surface area contributed by atoms with Crippen molar-refractivity contribution in [2.45, 2.75) is 89.4 Å². The maximum absolute atomic E-state index is 12.0. The molecule has 162 valence electrons. The van der Waals surface area contributed by atoms with Gasteiger partial charge in [-0.05, 0) is 37.5 Å². The normalized spacial score (nSPS) is 60.1. The second-order valence-electron chi connectivity index (χ2n) is 10.6. The summed E-state index contributed by atoms with van der Waals surface area (Å²) in [7, 11) is 0. The standard InChI is InChI=1S/C22H32O7/c1-11-6-17(27-12(2)23)22-15(8-14(28-19(22)24)9-21(22)10-26-21)20(11,3)16-7-13-4-5-25-18(13)29-16/h11,13-19,24H,4-10H2,1-3H3/t11-,13-,14-,15-,16+,17+,18+,19+,20+,21+,22+/m1/s1. The molecule has 0 radical (unpaired) electrons. The van der Waals surface area contributed by atoms with Gasteiger partial charge in [-0.1, -0.05) is 13.8 Å². The summed E-state index contributed by atoms with van der Waals surface area (Å²) in [5, 5.41) is 11.3. The minimum absolute atomic E-state index is 0.0286. The van der Waals surface area contributed by atoms with Crippen molar-refractivity contribution in [1.29, 1.82) is 0 Å². The summed E-state index contributed by atoms with van der Waals surface area (Å²) in [5.74, 6) is 0.513. The number of ether oxygens (including phenoxy) is 5. The average Bonchev–Trinajstić information content (AvgIpc) is 3.09. The molecule has 0 unspecified atom stereocenters. The Bertz CT molecular complexity index is 710. The van der Waals surface area contributed by atoms with Crippen LogP contribution in [-0.2, 0) is 28.5 Å². The maximum Gasteiger partial charge on any atom is 0.302 e. The van der Waals surface area contributed by atoms with Gasteiger partial charge in [-0.15, -0.1) is 0 Å². The summed E-state index contributed by atoms with van der Waals surface area (Å²) in [6.45, 7) is 7.40. The van der Waals surface area contributed by atoms with Crippen molar-refractivity contribution in [2.75, 3.05) is 13.2 Å². The highest BCUT2D eigenvalue weighted by Gasteiger charge is 2.82. The van der Waals surface area contributed by atoms with Gasteiger partial charge in [-0.3, -0.25) is 4.79 Å². The Balaban J connectivity index is 1.45. The van der Waals surface area contributed by atoms with Gasteiger partial charge in [0.2, 0.25) is 0 Å². The van der Waals surface area contributed by atoms with E-state index in [-0.39, 0.29) is 41.7 Å². The van der Waals surface area contributed by atoms with Crippen molar-refractivity contribution < 1.29 is 33.6 Å². The van der Waals surface area contributed by atoms with E-state index in [9.17, 15) is 9.90 Å². The largest absolute Gasteiger partial charge is 0.462 e. The van der Waals surface area contributed by atoms with E-state index in [4.69, 9.17) is 23.7 Å². The van der Waals surface area contributed by atoms with Gasteiger partial charge in [-0.25, -0.2) is 0 Å². The number of hydrogen-bond acceptors (Lipinski definition) is 7. The average molecular weight is 408 g/mol. The van der Waals surface area contributed by atoms with Crippen LogP contribution < -0.4 is 0 Å². The molecule has 7 heteroatoms. The van der Waals surface area contributed by atoms with E-state index in [1.807, 2.05) is 0 Å². The van der Waals surface area contributed by atoms with E-state index in [1.165, 1.54) is 6.92 Å². The number of carbonyl (C=O) groups excluding carboxylic acids is 1. The first-order valence-corrected chi connectivity index (χ1v) is 11.2. The molecule has 7 nitrogen and oxygen atoms in total. The summed E-state index contributed by atoms with van der Waals surface area (Å²) >= 11 is 0. The third-order valence-electron chi connectivity index (χ3n) is 9.53. The lowest BCUT2D eigenvalue weighted by molar-refractivity contribution is -0.375. The molecule has 1 N–H and O–H groups in total. The third kappa shape index (κ3) is 2.23. The SMILES string of the molecule is CC(=O)O[C@H]1C[C@@H](C)[C@](C)([C@@H]2C[C@H]3CCO[C@H]3O2)[C@H]2C[C@@H]3C[C@]4(CO4)[C@]12[C@@H](O)O3. The zero-order chi connectivity index (χ0) is 20.2. The molecule has 11 atom stereocenters. The van der Waals surface area contributed by atoms with Crippen LogP contribution in [-0.4, -0.2) is 60.8 Å². The molecule has 0 aromatic carbocycles. The molecule has 0 aromatic rings. The first-order valence-electron chi connectivity index (χ1n) is 11.2. The Hall–Kier alpha value is -0.730. The maximum atomic E-state index is 12.0. The van der Waals surface area contributed by atoms with E-state index in [0.717, 1.165) is 32.3 Å². The quantitative estimate of drug-likeness (QED) is 0.552. The predicted octanol–water partition coefficient (Wildman–Crippen LogP) is 2.00. The molecule has 5 aliphatic heterocycles. The number of aliphatic hydroxyl groups excluding tert-OH is 1. The monoisotopic (exact) mass is 408 g/mol. The second-order valence-corrected chi connectivity index (χ2v) is 10.6. The second kappa shape index (κ2) is 5.94. The lowest BCUT2D eigenvalue weighted by Gasteiger charge is -2.68. The van der Waals surface area contributed by atoms with E-state index < -0.39 is 23.4 Å². The fraction of sp³-hybridized carbons (Fsp3) is 0.955. The summed E-state index contributed by atoms with van der Waals surface area (Å²) in [6.07, 6.45) is 2.87. The van der Waals surface area contributed by atoms with E-state index >= 15 is 0 Å². The van der Waals surface area contributed by atoms with Gasteiger partial charge in [0, 0.05) is 24.7 Å². The Kier molecular flexibility index (Phi) is 3.89. The van der Waals surface area contributed by atoms with Crippen LogP contribution in [0.5, 0.6) is 0 Å². The Morgan fingerprint density at radius 3 is 2.69 bits per heavy atom. The zero-order valence-electron chi connectivity index (χ0n) is 17.5. The number of fused-ring (bicyclic) bond motifs is 2. The molecule has 29 heavy (non-hydrogen) atoms. The van der Waals surface area contributed by atoms with Gasteiger partial charge >= 0.3 is 5.97 Å². The van der Waals surface area contributed by atoms with Crippen LogP contribution in [0, 0.1) is 28.6 Å². The van der Waals surface area contributed by atoms with Gasteiger partial charge < -0.3 is 28.8 Å². The zero-order valence-corrected chi connectivity index (χ0v) is 17.5. The molecule has 7 fully saturated rings. The highest BCUT2D eigenvalue weighted by atomic mass is 16.7. The molecule has 5 heterocycles. The smallest absolute Gasteiger partial charge is 0.302 e. The minimum atomic E-state index is -0.990. The van der Waals surface area contributed by atoms with Gasteiger partial charge in [0.1, 0.15) is 11.7 Å². The van der Waals surface area contributed by atoms with Crippen molar-refractivity contribution in [3.05, 3.63) is 0 Å². The van der Waals surface area contributed by atoms with Crippen LogP contribution >= 0.6 is 0 Å². The minimum Gasteiger partial charge on any atom is -0.462 e. The fourth-order valence-corrected chi connectivity index (χ4v) is 7.98. The molecule has 7 rings (SSSR count). The summed E-state index contributed by atoms with van der Waals surface area (Å²) in [5.41, 5.74) is -1.37. The molecule has 2 bridgehead atoms. The van der Waals surface area contributed by atoms with Crippen LogP contribution in [0.4, 0.5) is 0 Å².